The van der Waals surface area contributed by atoms with E-state index in [0.29, 0.717) is 5.56 Å². The van der Waals surface area contributed by atoms with Gasteiger partial charge in [0.2, 0.25) is 18.0 Å². The van der Waals surface area contributed by atoms with Crippen LogP contribution < -0.4 is 15.2 Å². The first kappa shape index (κ1) is 30.4. The van der Waals surface area contributed by atoms with Crippen LogP contribution in [0.2, 0.25) is 0 Å². The number of hydrogen-bond acceptors (Lipinski definition) is 11. The maximum absolute atomic E-state index is 15.3. The zero-order valence-electron chi connectivity index (χ0n) is 24.1. The normalized spacial score (nSPS) is 19.2. The number of pyridine rings is 1. The van der Waals surface area contributed by atoms with Crippen LogP contribution in [0.4, 0.5) is 13.6 Å². The summed E-state index contributed by atoms with van der Waals surface area (Å²) in [6.07, 6.45) is -1.82. The summed E-state index contributed by atoms with van der Waals surface area (Å²) in [4.78, 5) is 53.1. The molecule has 3 aromatic rings. The average Bonchev–Trinajstić information content (AvgIpc) is 3.21. The first-order valence-corrected chi connectivity index (χ1v) is 14.8. The van der Waals surface area contributed by atoms with Crippen LogP contribution in [-0.4, -0.2) is 73.5 Å². The zero-order valence-corrected chi connectivity index (χ0v) is 24.9. The number of aromatic nitrogens is 1. The number of carbonyl (C=O) groups is 3. The number of halogens is 2. The molecule has 3 aliphatic heterocycles. The Kier molecular flexibility index (Phi) is 8.38. The Morgan fingerprint density at radius 2 is 1.91 bits per heavy atom. The lowest BCUT2D eigenvalue weighted by atomic mass is 9.93. The molecule has 0 bridgehead atoms. The van der Waals surface area contributed by atoms with Gasteiger partial charge in [-0.3, -0.25) is 19.3 Å². The van der Waals surface area contributed by atoms with E-state index in [9.17, 15) is 23.6 Å². The first-order valence-electron chi connectivity index (χ1n) is 13.9. The summed E-state index contributed by atoms with van der Waals surface area (Å²) in [6.45, 7) is 0.942. The van der Waals surface area contributed by atoms with E-state index in [1.165, 1.54) is 46.6 Å². The van der Waals surface area contributed by atoms with Gasteiger partial charge in [0.15, 0.2) is 23.4 Å². The number of nitrogens with zero attached hydrogens (tertiary/aromatic N) is 3. The van der Waals surface area contributed by atoms with Gasteiger partial charge in [-0.2, -0.15) is 0 Å². The van der Waals surface area contributed by atoms with E-state index in [1.54, 1.807) is 5.01 Å². The van der Waals surface area contributed by atoms with Gasteiger partial charge in [-0.25, -0.2) is 18.4 Å². The highest BCUT2D eigenvalue weighted by molar-refractivity contribution is 7.98. The molecular weight excluding hydrogens is 616 g/mol. The molecular formula is C30H27F2N3O9S. The van der Waals surface area contributed by atoms with Gasteiger partial charge in [0, 0.05) is 35.0 Å². The molecule has 45 heavy (non-hydrogen) atoms. The van der Waals surface area contributed by atoms with Crippen LogP contribution in [0, 0.1) is 11.6 Å². The average molecular weight is 644 g/mol. The maximum atomic E-state index is 15.3. The standard InChI is InChI=1S/C30H27F2N3O9S/c1-16(29(38)40-2)44-30(39)43-15-42-27-21(36)9-10-34-26(27)28(37)33-11-12-41-13-23(33)35(34)25-17-7-8-20(31)24(32)19(17)14-45-22-6-4-3-5-18(22)25/h3-10,16,23,25H,11-15H2,1-2H3/t16-,23-,25+/m1/s1. The number of amides is 1. The molecule has 0 N–H and O–H groups in total. The molecule has 1 amide bonds. The number of esters is 1. The third-order valence-corrected chi connectivity index (χ3v) is 8.83. The Balaban J connectivity index is 1.44. The fourth-order valence-electron chi connectivity index (χ4n) is 5.64. The van der Waals surface area contributed by atoms with Gasteiger partial charge >= 0.3 is 12.1 Å². The van der Waals surface area contributed by atoms with Crippen molar-refractivity contribution in [1.29, 1.82) is 0 Å². The molecule has 15 heteroatoms. The summed E-state index contributed by atoms with van der Waals surface area (Å²) in [5, 5.41) is 1.79. The Morgan fingerprint density at radius 3 is 2.71 bits per heavy atom. The molecule has 6 rings (SSSR count). The number of benzene rings is 2. The quantitative estimate of drug-likeness (QED) is 0.290. The molecule has 12 nitrogen and oxygen atoms in total. The van der Waals surface area contributed by atoms with E-state index in [2.05, 4.69) is 4.74 Å². The van der Waals surface area contributed by atoms with E-state index in [-0.39, 0.29) is 36.8 Å². The molecule has 236 valence electrons. The van der Waals surface area contributed by atoms with Crippen molar-refractivity contribution < 1.29 is 46.8 Å². The second-order valence-corrected chi connectivity index (χ2v) is 11.3. The number of ether oxygens (including phenoxy) is 5. The van der Waals surface area contributed by atoms with Crippen molar-refractivity contribution in [3.8, 4) is 5.75 Å². The maximum Gasteiger partial charge on any atom is 0.512 e. The van der Waals surface area contributed by atoms with Gasteiger partial charge in [0.05, 0.1) is 26.4 Å². The smallest absolute Gasteiger partial charge is 0.466 e. The Bertz CT molecular complexity index is 1740. The fraction of sp³-hybridized carbons (Fsp3) is 0.333. The predicted octanol–water partition coefficient (Wildman–Crippen LogP) is 3.32. The van der Waals surface area contributed by atoms with E-state index in [4.69, 9.17) is 18.9 Å². The SMILES string of the molecule is COC(=O)[C@@H](C)OC(=O)OCOc1c2n(ccc1=O)N([C@@H]1c3ccccc3SCc3c1ccc(F)c3F)[C@@H]1COCCN1C2=O. The number of thioether (sulfide) groups is 1. The fourth-order valence-corrected chi connectivity index (χ4v) is 6.75. The molecule has 1 fully saturated rings. The summed E-state index contributed by atoms with van der Waals surface area (Å²) in [5.74, 6) is -3.54. The van der Waals surface area contributed by atoms with Crippen LogP contribution in [0.5, 0.6) is 5.75 Å². The lowest BCUT2D eigenvalue weighted by Gasteiger charge is -2.51. The number of morpholine rings is 1. The number of hydrogen-bond donors (Lipinski definition) is 0. The molecule has 0 radical (unpaired) electrons. The lowest BCUT2D eigenvalue weighted by molar-refractivity contribution is -0.151. The van der Waals surface area contributed by atoms with E-state index in [1.807, 2.05) is 24.3 Å². The summed E-state index contributed by atoms with van der Waals surface area (Å²) >= 11 is 1.36. The van der Waals surface area contributed by atoms with Crippen molar-refractivity contribution in [2.75, 3.05) is 38.7 Å². The molecule has 4 heterocycles. The van der Waals surface area contributed by atoms with Crippen molar-refractivity contribution >= 4 is 29.8 Å². The van der Waals surface area contributed by atoms with Gasteiger partial charge in [-0.1, -0.05) is 24.3 Å². The van der Waals surface area contributed by atoms with Gasteiger partial charge in [-0.15, -0.1) is 11.8 Å². The lowest BCUT2D eigenvalue weighted by Crippen LogP contribution is -2.66. The number of fused-ring (bicyclic) bond motifs is 4. The van der Waals surface area contributed by atoms with Crippen LogP contribution in [-0.2, 0) is 29.5 Å². The molecule has 3 aliphatic rings. The van der Waals surface area contributed by atoms with Crippen molar-refractivity contribution in [3.05, 3.63) is 92.9 Å². The van der Waals surface area contributed by atoms with Gasteiger partial charge < -0.3 is 28.6 Å². The summed E-state index contributed by atoms with van der Waals surface area (Å²) < 4.78 is 56.9. The molecule has 1 saturated heterocycles. The van der Waals surface area contributed by atoms with Crippen LogP contribution in [0.15, 0.2) is 58.4 Å². The minimum absolute atomic E-state index is 0.0889. The van der Waals surface area contributed by atoms with Crippen LogP contribution in [0.25, 0.3) is 0 Å². The molecule has 1 aromatic heterocycles. The molecule has 0 unspecified atom stereocenters. The summed E-state index contributed by atoms with van der Waals surface area (Å²) in [5.41, 5.74) is 0.577. The zero-order chi connectivity index (χ0) is 31.8. The third kappa shape index (κ3) is 5.46. The molecule has 2 aromatic carbocycles. The van der Waals surface area contributed by atoms with E-state index < -0.39 is 65.9 Å². The van der Waals surface area contributed by atoms with Crippen LogP contribution in [0.1, 0.15) is 40.1 Å². The molecule has 3 atom stereocenters. The topological polar surface area (TPSA) is 126 Å². The van der Waals surface area contributed by atoms with Gasteiger partial charge in [-0.05, 0) is 30.2 Å². The van der Waals surface area contributed by atoms with Crippen molar-refractivity contribution in [2.45, 2.75) is 35.9 Å². The van der Waals surface area contributed by atoms with Gasteiger partial charge in [0.25, 0.3) is 5.91 Å². The summed E-state index contributed by atoms with van der Waals surface area (Å²) in [6, 6.07) is 10.5. The third-order valence-electron chi connectivity index (χ3n) is 7.72. The Hall–Kier alpha value is -4.63. The molecule has 0 aliphatic carbocycles. The van der Waals surface area contributed by atoms with Crippen molar-refractivity contribution in [2.24, 2.45) is 0 Å². The Labute approximate surface area is 259 Å². The second kappa shape index (κ2) is 12.4. The highest BCUT2D eigenvalue weighted by atomic mass is 32.2. The molecule has 0 saturated carbocycles. The number of carbonyl (C=O) groups excluding carboxylic acids is 3. The minimum atomic E-state index is -1.27. The number of methoxy groups -OCH3 is 1. The highest BCUT2D eigenvalue weighted by Crippen LogP contribution is 2.45. The van der Waals surface area contributed by atoms with Crippen LogP contribution in [0.3, 0.4) is 0 Å². The van der Waals surface area contributed by atoms with E-state index >= 15 is 4.39 Å². The number of rotatable bonds is 6. The van der Waals surface area contributed by atoms with Crippen molar-refractivity contribution in [1.82, 2.24) is 9.58 Å². The van der Waals surface area contributed by atoms with Crippen molar-refractivity contribution in [3.63, 3.8) is 0 Å². The second-order valence-electron chi connectivity index (χ2n) is 10.2. The Morgan fingerprint density at radius 1 is 1.11 bits per heavy atom. The van der Waals surface area contributed by atoms with E-state index in [0.717, 1.165) is 23.6 Å². The van der Waals surface area contributed by atoms with Gasteiger partial charge in [0.1, 0.15) is 6.17 Å². The first-order chi connectivity index (χ1) is 21.7. The molecule has 0 spiro atoms. The summed E-state index contributed by atoms with van der Waals surface area (Å²) in [7, 11) is 1.13. The van der Waals surface area contributed by atoms with Crippen LogP contribution >= 0.6 is 11.8 Å². The minimum Gasteiger partial charge on any atom is -0.466 e. The predicted molar refractivity (Wildman–Crippen MR) is 153 cm³/mol. The monoisotopic (exact) mass is 643 g/mol. The highest BCUT2D eigenvalue weighted by Gasteiger charge is 2.46. The largest absolute Gasteiger partial charge is 0.512 e.